The average molecular weight is 617 g/mol. The van der Waals surface area contributed by atoms with Crippen molar-refractivity contribution in [2.45, 2.75) is 49.2 Å². The molecule has 8 nitrogen and oxygen atoms in total. The third-order valence-electron chi connectivity index (χ3n) is 8.09. The summed E-state index contributed by atoms with van der Waals surface area (Å²) < 4.78 is 83.9. The maximum atomic E-state index is 14.6. The lowest BCUT2D eigenvalue weighted by molar-refractivity contribution is -0.177. The minimum Gasteiger partial charge on any atom is -0.382 e. The summed E-state index contributed by atoms with van der Waals surface area (Å²) in [6.45, 7) is 0.525. The van der Waals surface area contributed by atoms with Gasteiger partial charge in [0.2, 0.25) is 0 Å². The molecule has 0 radical (unpaired) electrons. The van der Waals surface area contributed by atoms with Crippen LogP contribution in [0.25, 0.3) is 0 Å². The summed E-state index contributed by atoms with van der Waals surface area (Å²) in [5.41, 5.74) is 0.134. The fourth-order valence-electron chi connectivity index (χ4n) is 6.00. The van der Waals surface area contributed by atoms with Gasteiger partial charge in [-0.15, -0.1) is 10.2 Å². The lowest BCUT2D eigenvalue weighted by atomic mass is 9.82. The Hall–Kier alpha value is -4.46. The van der Waals surface area contributed by atoms with Gasteiger partial charge in [0.1, 0.15) is 23.9 Å². The highest BCUT2D eigenvalue weighted by Gasteiger charge is 2.55. The van der Waals surface area contributed by atoms with Gasteiger partial charge in [-0.2, -0.15) is 31.4 Å². The first-order valence-corrected chi connectivity index (χ1v) is 13.9. The second kappa shape index (κ2) is 11.2. The number of aromatic nitrogens is 4. The normalized spacial score (nSPS) is 19.6. The van der Waals surface area contributed by atoms with Gasteiger partial charge in [-0.25, -0.2) is 4.68 Å². The molecule has 0 saturated carbocycles. The molecule has 6 rings (SSSR count). The molecule has 1 saturated heterocycles. The number of halogens is 6. The number of alkyl halides is 6. The van der Waals surface area contributed by atoms with Crippen molar-refractivity contribution in [2.24, 2.45) is 0 Å². The van der Waals surface area contributed by atoms with Crippen molar-refractivity contribution in [3.05, 3.63) is 101 Å². The van der Waals surface area contributed by atoms with Crippen LogP contribution in [-0.4, -0.2) is 56.4 Å². The predicted molar refractivity (Wildman–Crippen MR) is 147 cm³/mol. The smallest absolute Gasteiger partial charge is 0.382 e. The number of benzene rings is 2. The number of nitrogens with zero attached hydrogens (tertiary/aromatic N) is 5. The van der Waals surface area contributed by atoms with Gasteiger partial charge < -0.3 is 15.3 Å². The molecular weight excluding hydrogens is 590 g/mol. The lowest BCUT2D eigenvalue weighted by Gasteiger charge is -2.34. The highest BCUT2D eigenvalue weighted by Crippen LogP contribution is 2.49. The molecule has 0 spiro atoms. The van der Waals surface area contributed by atoms with Crippen LogP contribution in [-0.2, 0) is 11.0 Å². The van der Waals surface area contributed by atoms with Crippen molar-refractivity contribution in [3.8, 4) is 0 Å². The molecule has 2 aromatic heterocycles. The number of carbonyl (C=O) groups is 1. The number of aliphatic hydroxyl groups excluding tert-OH is 1. The first-order valence-electron chi connectivity index (χ1n) is 13.9. The van der Waals surface area contributed by atoms with E-state index in [-0.39, 0.29) is 36.0 Å². The first kappa shape index (κ1) is 29.6. The number of fused-ring (bicyclic) bond motifs is 1. The molecule has 2 atom stereocenters. The minimum atomic E-state index is -4.96. The predicted octanol–water partition coefficient (Wildman–Crippen LogP) is 5.67. The maximum Gasteiger partial charge on any atom is 0.435 e. The van der Waals surface area contributed by atoms with Gasteiger partial charge in [0.25, 0.3) is 5.91 Å². The van der Waals surface area contributed by atoms with E-state index in [2.05, 4.69) is 15.5 Å². The molecule has 2 N–H and O–H groups in total. The zero-order chi connectivity index (χ0) is 31.2. The summed E-state index contributed by atoms with van der Waals surface area (Å²) in [6.07, 6.45) is -11.4. The Bertz CT molecular complexity index is 1580. The third kappa shape index (κ3) is 5.49. The van der Waals surface area contributed by atoms with Gasteiger partial charge in [-0.3, -0.25) is 4.79 Å². The fraction of sp³-hybridized carbons (Fsp3) is 0.333. The van der Waals surface area contributed by atoms with Crippen LogP contribution in [0.4, 0.5) is 38.0 Å². The Morgan fingerprint density at radius 3 is 1.93 bits per heavy atom. The number of amides is 1. The van der Waals surface area contributed by atoms with Crippen molar-refractivity contribution >= 4 is 17.5 Å². The van der Waals surface area contributed by atoms with E-state index in [4.69, 9.17) is 5.10 Å². The molecule has 0 aliphatic carbocycles. The number of hydrogen-bond donors (Lipinski definition) is 2. The molecule has 4 aromatic rings. The fourth-order valence-corrected chi connectivity index (χ4v) is 6.00. The van der Waals surface area contributed by atoms with E-state index < -0.39 is 47.9 Å². The standard InChI is InChI=1S/C30H26F6N6O2/c31-29(32,33)20-11-12-21(39-38-20)41-15-13-17(14-16-41)24-22-23(30(34,35)36)26(43)28(44)37-27(22)42(40-24)25(18-7-3-1-4-8-18)19-9-5-2-6-10-19/h1-12,17,23,25-26,43H,13-16H2,(H,37,44). The van der Waals surface area contributed by atoms with E-state index in [0.29, 0.717) is 12.8 Å². The van der Waals surface area contributed by atoms with Crippen LogP contribution >= 0.6 is 0 Å². The monoisotopic (exact) mass is 616 g/mol. The molecule has 1 fully saturated rings. The van der Waals surface area contributed by atoms with Gasteiger partial charge in [0.15, 0.2) is 11.5 Å². The van der Waals surface area contributed by atoms with E-state index in [9.17, 15) is 36.2 Å². The van der Waals surface area contributed by atoms with E-state index >= 15 is 0 Å². The number of aliphatic hydroxyl groups is 1. The second-order valence-electron chi connectivity index (χ2n) is 10.8. The number of hydrogen-bond acceptors (Lipinski definition) is 6. The van der Waals surface area contributed by atoms with Crippen LogP contribution in [0.3, 0.4) is 0 Å². The van der Waals surface area contributed by atoms with Crippen molar-refractivity contribution in [1.29, 1.82) is 0 Å². The van der Waals surface area contributed by atoms with Crippen LogP contribution in [0.15, 0.2) is 72.8 Å². The number of piperidine rings is 1. The molecule has 2 aliphatic heterocycles. The van der Waals surface area contributed by atoms with Gasteiger partial charge in [0, 0.05) is 24.6 Å². The topological polar surface area (TPSA) is 96.2 Å². The van der Waals surface area contributed by atoms with Gasteiger partial charge in [0.05, 0.1) is 5.69 Å². The van der Waals surface area contributed by atoms with Crippen molar-refractivity contribution in [3.63, 3.8) is 0 Å². The average Bonchev–Trinajstić information content (AvgIpc) is 3.35. The molecule has 1 amide bonds. The first-order chi connectivity index (χ1) is 20.9. The van der Waals surface area contributed by atoms with Crippen LogP contribution in [0.5, 0.6) is 0 Å². The van der Waals surface area contributed by atoms with Crippen LogP contribution in [0.1, 0.15) is 58.8 Å². The molecule has 2 aromatic carbocycles. The molecular formula is C30H26F6N6O2. The summed E-state index contributed by atoms with van der Waals surface area (Å²) in [6, 6.07) is 19.4. The Labute approximate surface area is 247 Å². The number of nitrogens with one attached hydrogen (secondary N) is 1. The molecule has 4 heterocycles. The zero-order valence-corrected chi connectivity index (χ0v) is 22.9. The van der Waals surface area contributed by atoms with E-state index in [1.54, 1.807) is 29.2 Å². The molecule has 0 bridgehead atoms. The summed E-state index contributed by atoms with van der Waals surface area (Å²) >= 11 is 0. The van der Waals surface area contributed by atoms with Crippen LogP contribution in [0, 0.1) is 0 Å². The summed E-state index contributed by atoms with van der Waals surface area (Å²) in [5.74, 6) is -4.11. The Morgan fingerprint density at radius 1 is 0.841 bits per heavy atom. The molecule has 230 valence electrons. The number of carbonyl (C=O) groups excluding carboxylic acids is 1. The minimum absolute atomic E-state index is 0.108. The maximum absolute atomic E-state index is 14.6. The van der Waals surface area contributed by atoms with E-state index in [0.717, 1.165) is 17.2 Å². The highest BCUT2D eigenvalue weighted by molar-refractivity contribution is 5.97. The molecule has 2 aliphatic rings. The Kier molecular flexibility index (Phi) is 7.56. The zero-order valence-electron chi connectivity index (χ0n) is 22.9. The number of anilines is 2. The SMILES string of the molecule is O=C1Nc2c(c(C3CCN(c4ccc(C(F)(F)F)nn4)CC3)nn2C(c2ccccc2)c2ccccc2)C(C(F)(F)F)C1O. The second-order valence-corrected chi connectivity index (χ2v) is 10.8. The Morgan fingerprint density at radius 2 is 1.43 bits per heavy atom. The van der Waals surface area contributed by atoms with Gasteiger partial charge >= 0.3 is 12.4 Å². The Balaban J connectivity index is 1.42. The largest absolute Gasteiger partial charge is 0.435 e. The van der Waals surface area contributed by atoms with Crippen molar-refractivity contribution in [1.82, 2.24) is 20.0 Å². The summed E-state index contributed by atoms with van der Waals surface area (Å²) in [4.78, 5) is 14.5. The molecule has 2 unspecified atom stereocenters. The van der Waals surface area contributed by atoms with Crippen molar-refractivity contribution in [2.75, 3.05) is 23.3 Å². The summed E-state index contributed by atoms with van der Waals surface area (Å²) in [5, 5.41) is 24.8. The summed E-state index contributed by atoms with van der Waals surface area (Å²) in [7, 11) is 0. The van der Waals surface area contributed by atoms with Crippen LogP contribution < -0.4 is 10.2 Å². The molecule has 44 heavy (non-hydrogen) atoms. The van der Waals surface area contributed by atoms with E-state index in [1.165, 1.54) is 10.7 Å². The lowest BCUT2D eigenvalue weighted by Crippen LogP contribution is -2.45. The number of rotatable bonds is 5. The van der Waals surface area contributed by atoms with Gasteiger partial charge in [-0.1, -0.05) is 60.7 Å². The van der Waals surface area contributed by atoms with Crippen molar-refractivity contribution < 1.29 is 36.2 Å². The van der Waals surface area contributed by atoms with E-state index in [1.807, 2.05) is 36.4 Å². The van der Waals surface area contributed by atoms with Crippen LogP contribution in [0.2, 0.25) is 0 Å². The third-order valence-corrected chi connectivity index (χ3v) is 8.09. The van der Waals surface area contributed by atoms with Gasteiger partial charge in [-0.05, 0) is 36.1 Å². The molecule has 14 heteroatoms. The quantitative estimate of drug-likeness (QED) is 0.281. The highest BCUT2D eigenvalue weighted by atomic mass is 19.4.